The van der Waals surface area contributed by atoms with Crippen LogP contribution in [0.25, 0.3) is 0 Å². The fourth-order valence-corrected chi connectivity index (χ4v) is 1.65. The summed E-state index contributed by atoms with van der Waals surface area (Å²) in [6.07, 6.45) is 1.54. The zero-order valence-corrected chi connectivity index (χ0v) is 8.93. The highest BCUT2D eigenvalue weighted by Crippen LogP contribution is 2.08. The number of rotatable bonds is 2. The Kier molecular flexibility index (Phi) is 3.48. The molecule has 1 N–H and O–H groups in total. The van der Waals surface area contributed by atoms with Gasteiger partial charge in [0.2, 0.25) is 0 Å². The Morgan fingerprint density at radius 3 is 2.94 bits per heavy atom. The number of hydrogen-bond donors (Lipinski definition) is 1. The monoisotopic (exact) mass is 222 g/mol. The van der Waals surface area contributed by atoms with Crippen molar-refractivity contribution in [3.63, 3.8) is 0 Å². The highest BCUT2D eigenvalue weighted by atomic mass is 16.5. The van der Waals surface area contributed by atoms with Crippen molar-refractivity contribution in [1.29, 1.82) is 0 Å². The summed E-state index contributed by atoms with van der Waals surface area (Å²) in [4.78, 5) is 17.7. The van der Waals surface area contributed by atoms with Gasteiger partial charge < -0.3 is 14.7 Å². The van der Waals surface area contributed by atoms with Crippen molar-refractivity contribution >= 4 is 5.91 Å². The number of carbonyl (C=O) groups excluding carboxylic acids is 1. The number of amides is 1. The van der Waals surface area contributed by atoms with Crippen molar-refractivity contribution < 1.29 is 14.6 Å². The zero-order valence-electron chi connectivity index (χ0n) is 8.93. The third kappa shape index (κ3) is 2.37. The Balaban J connectivity index is 2.12. The van der Waals surface area contributed by atoms with Crippen LogP contribution in [0.1, 0.15) is 16.1 Å². The van der Waals surface area contributed by atoms with E-state index in [4.69, 9.17) is 9.84 Å². The van der Waals surface area contributed by atoms with Crippen LogP contribution in [0.3, 0.4) is 0 Å². The Labute approximate surface area is 93.7 Å². The first-order valence-corrected chi connectivity index (χ1v) is 5.24. The average molecular weight is 222 g/mol. The molecular weight excluding hydrogens is 208 g/mol. The second kappa shape index (κ2) is 5.05. The highest BCUT2D eigenvalue weighted by Gasteiger charge is 2.18. The SMILES string of the molecule is O=C(c1ccnc(CO)c1)N1CCOCC1. The first-order chi connectivity index (χ1) is 7.81. The average Bonchev–Trinajstić information content (AvgIpc) is 2.39. The maximum Gasteiger partial charge on any atom is 0.254 e. The van der Waals surface area contributed by atoms with Gasteiger partial charge in [-0.15, -0.1) is 0 Å². The Morgan fingerprint density at radius 1 is 1.50 bits per heavy atom. The van der Waals surface area contributed by atoms with E-state index in [0.717, 1.165) is 0 Å². The van der Waals surface area contributed by atoms with Crippen LogP contribution < -0.4 is 0 Å². The molecule has 1 aromatic heterocycles. The molecule has 0 radical (unpaired) electrons. The van der Waals surface area contributed by atoms with Gasteiger partial charge in [0.25, 0.3) is 5.91 Å². The first-order valence-electron chi connectivity index (χ1n) is 5.24. The van der Waals surface area contributed by atoms with Crippen LogP contribution in [0.5, 0.6) is 0 Å². The van der Waals surface area contributed by atoms with Crippen molar-refractivity contribution in [3.8, 4) is 0 Å². The van der Waals surface area contributed by atoms with Crippen LogP contribution in [0.4, 0.5) is 0 Å². The number of aliphatic hydroxyl groups excluding tert-OH is 1. The number of ether oxygens (including phenoxy) is 1. The third-order valence-electron chi connectivity index (χ3n) is 2.52. The molecule has 16 heavy (non-hydrogen) atoms. The van der Waals surface area contributed by atoms with E-state index in [0.29, 0.717) is 37.6 Å². The third-order valence-corrected chi connectivity index (χ3v) is 2.52. The van der Waals surface area contributed by atoms with Gasteiger partial charge in [-0.2, -0.15) is 0 Å². The summed E-state index contributed by atoms with van der Waals surface area (Å²) in [6, 6.07) is 3.29. The minimum Gasteiger partial charge on any atom is -0.390 e. The molecule has 1 aliphatic rings. The zero-order chi connectivity index (χ0) is 11.4. The molecule has 0 aliphatic carbocycles. The molecule has 0 spiro atoms. The van der Waals surface area contributed by atoms with Crippen molar-refractivity contribution in [2.75, 3.05) is 26.3 Å². The number of hydrogen-bond acceptors (Lipinski definition) is 4. The van der Waals surface area contributed by atoms with Gasteiger partial charge in [0.05, 0.1) is 25.5 Å². The molecule has 1 fully saturated rings. The van der Waals surface area contributed by atoms with Crippen LogP contribution in [-0.2, 0) is 11.3 Å². The molecule has 5 heteroatoms. The molecule has 86 valence electrons. The Morgan fingerprint density at radius 2 is 2.25 bits per heavy atom. The minimum atomic E-state index is -0.149. The molecule has 0 bridgehead atoms. The number of pyridine rings is 1. The van der Waals surface area contributed by atoms with Crippen LogP contribution in [0.2, 0.25) is 0 Å². The lowest BCUT2D eigenvalue weighted by atomic mass is 10.2. The summed E-state index contributed by atoms with van der Waals surface area (Å²) >= 11 is 0. The van der Waals surface area contributed by atoms with E-state index in [1.807, 2.05) is 0 Å². The van der Waals surface area contributed by atoms with E-state index in [1.54, 1.807) is 23.2 Å². The van der Waals surface area contributed by atoms with Gasteiger partial charge in [0.1, 0.15) is 0 Å². The molecule has 0 aromatic carbocycles. The van der Waals surface area contributed by atoms with Gasteiger partial charge in [0.15, 0.2) is 0 Å². The molecular formula is C11H14N2O3. The van der Waals surface area contributed by atoms with Crippen molar-refractivity contribution in [2.45, 2.75) is 6.61 Å². The van der Waals surface area contributed by atoms with E-state index in [9.17, 15) is 4.79 Å². The lowest BCUT2D eigenvalue weighted by Crippen LogP contribution is -2.40. The van der Waals surface area contributed by atoms with E-state index < -0.39 is 0 Å². The van der Waals surface area contributed by atoms with E-state index in [2.05, 4.69) is 4.98 Å². The summed E-state index contributed by atoms with van der Waals surface area (Å²) < 4.78 is 5.18. The Hall–Kier alpha value is -1.46. The van der Waals surface area contributed by atoms with Gasteiger partial charge in [0, 0.05) is 24.8 Å². The van der Waals surface area contributed by atoms with Crippen LogP contribution in [0.15, 0.2) is 18.3 Å². The molecule has 0 saturated carbocycles. The molecule has 1 amide bonds. The quantitative estimate of drug-likeness (QED) is 0.767. The number of morpholine rings is 1. The lowest BCUT2D eigenvalue weighted by Gasteiger charge is -2.26. The van der Waals surface area contributed by atoms with E-state index >= 15 is 0 Å². The molecule has 1 aromatic rings. The van der Waals surface area contributed by atoms with Crippen LogP contribution in [-0.4, -0.2) is 47.2 Å². The summed E-state index contributed by atoms with van der Waals surface area (Å²) in [6.45, 7) is 2.27. The normalized spacial score (nSPS) is 16.2. The molecule has 0 atom stereocenters. The largest absolute Gasteiger partial charge is 0.390 e. The van der Waals surface area contributed by atoms with Crippen molar-refractivity contribution in [3.05, 3.63) is 29.6 Å². The highest BCUT2D eigenvalue weighted by molar-refractivity contribution is 5.94. The summed E-state index contributed by atoms with van der Waals surface area (Å²) in [7, 11) is 0. The van der Waals surface area contributed by atoms with Gasteiger partial charge in [-0.05, 0) is 12.1 Å². The number of nitrogens with zero attached hydrogens (tertiary/aromatic N) is 2. The number of aliphatic hydroxyl groups is 1. The fourth-order valence-electron chi connectivity index (χ4n) is 1.65. The van der Waals surface area contributed by atoms with Gasteiger partial charge >= 0.3 is 0 Å². The van der Waals surface area contributed by atoms with Gasteiger partial charge in [-0.25, -0.2) is 0 Å². The predicted octanol–water partition coefficient (Wildman–Crippen LogP) is 0.0463. The lowest BCUT2D eigenvalue weighted by molar-refractivity contribution is 0.0302. The number of aromatic nitrogens is 1. The molecule has 1 saturated heterocycles. The van der Waals surface area contributed by atoms with Gasteiger partial charge in [-0.1, -0.05) is 0 Å². The van der Waals surface area contributed by atoms with Crippen molar-refractivity contribution in [1.82, 2.24) is 9.88 Å². The smallest absolute Gasteiger partial charge is 0.254 e. The second-order valence-electron chi connectivity index (χ2n) is 3.60. The molecule has 2 rings (SSSR count). The van der Waals surface area contributed by atoms with Crippen molar-refractivity contribution in [2.24, 2.45) is 0 Å². The number of carbonyl (C=O) groups is 1. The maximum atomic E-state index is 12.0. The standard InChI is InChI=1S/C11H14N2O3/c14-8-10-7-9(1-2-12-10)11(15)13-3-5-16-6-4-13/h1-2,7,14H,3-6,8H2. The van der Waals surface area contributed by atoms with Crippen LogP contribution in [0, 0.1) is 0 Å². The molecule has 0 unspecified atom stereocenters. The maximum absolute atomic E-state index is 12.0. The summed E-state index contributed by atoms with van der Waals surface area (Å²) in [5, 5.41) is 8.95. The molecule has 2 heterocycles. The minimum absolute atomic E-state index is 0.0274. The first kappa shape index (κ1) is 11.0. The van der Waals surface area contributed by atoms with Crippen LogP contribution >= 0.6 is 0 Å². The predicted molar refractivity (Wildman–Crippen MR) is 56.9 cm³/mol. The second-order valence-corrected chi connectivity index (χ2v) is 3.60. The Bertz CT molecular complexity index is 375. The topological polar surface area (TPSA) is 62.7 Å². The molecule has 1 aliphatic heterocycles. The summed E-state index contributed by atoms with van der Waals surface area (Å²) in [5.41, 5.74) is 1.08. The summed E-state index contributed by atoms with van der Waals surface area (Å²) in [5.74, 6) is -0.0274. The van der Waals surface area contributed by atoms with E-state index in [1.165, 1.54) is 0 Å². The fraction of sp³-hybridized carbons (Fsp3) is 0.455. The van der Waals surface area contributed by atoms with E-state index in [-0.39, 0.29) is 12.5 Å². The van der Waals surface area contributed by atoms with Gasteiger partial charge in [-0.3, -0.25) is 9.78 Å². The molecule has 5 nitrogen and oxygen atoms in total.